The molecule has 1 rings (SSSR count). The van der Waals surface area contributed by atoms with E-state index < -0.39 is 0 Å². The summed E-state index contributed by atoms with van der Waals surface area (Å²) in [6.45, 7) is 14.4. The Labute approximate surface area is 108 Å². The fourth-order valence-corrected chi connectivity index (χ4v) is 2.66. The van der Waals surface area contributed by atoms with E-state index in [0.717, 1.165) is 6.54 Å². The van der Waals surface area contributed by atoms with Gasteiger partial charge in [-0.2, -0.15) is 0 Å². The summed E-state index contributed by atoms with van der Waals surface area (Å²) in [7, 11) is 0. The molecule has 0 bridgehead atoms. The second-order valence-electron chi connectivity index (χ2n) is 6.38. The van der Waals surface area contributed by atoms with Gasteiger partial charge in [0.1, 0.15) is 0 Å². The van der Waals surface area contributed by atoms with Crippen LogP contribution in [-0.2, 0) is 0 Å². The molecule has 1 unspecified atom stereocenters. The molecule has 1 heterocycles. The molecule has 1 aliphatic heterocycles. The Hall–Kier alpha value is -0.0800. The number of hydrogen-bond donors (Lipinski definition) is 1. The quantitative estimate of drug-likeness (QED) is 0.766. The van der Waals surface area contributed by atoms with Crippen molar-refractivity contribution in [2.45, 2.75) is 65.8 Å². The topological polar surface area (TPSA) is 15.3 Å². The zero-order chi connectivity index (χ0) is 12.7. The van der Waals surface area contributed by atoms with E-state index in [0.29, 0.717) is 11.5 Å². The molecule has 102 valence electrons. The predicted molar refractivity (Wildman–Crippen MR) is 76.4 cm³/mol. The lowest BCUT2D eigenvalue weighted by Crippen LogP contribution is -2.41. The van der Waals surface area contributed by atoms with Crippen molar-refractivity contribution < 1.29 is 0 Å². The highest BCUT2D eigenvalue weighted by atomic mass is 15.1. The van der Waals surface area contributed by atoms with Crippen LogP contribution in [0.3, 0.4) is 0 Å². The fourth-order valence-electron chi connectivity index (χ4n) is 2.66. The highest BCUT2D eigenvalue weighted by Crippen LogP contribution is 2.29. The van der Waals surface area contributed by atoms with Crippen LogP contribution < -0.4 is 5.32 Å². The van der Waals surface area contributed by atoms with E-state index in [9.17, 15) is 0 Å². The van der Waals surface area contributed by atoms with Gasteiger partial charge < -0.3 is 10.2 Å². The summed E-state index contributed by atoms with van der Waals surface area (Å²) in [6, 6.07) is 0.691. The molecule has 1 fully saturated rings. The van der Waals surface area contributed by atoms with E-state index in [4.69, 9.17) is 0 Å². The molecular formula is C15H32N2. The molecule has 2 nitrogen and oxygen atoms in total. The highest BCUT2D eigenvalue weighted by Gasteiger charge is 2.23. The predicted octanol–water partition coefficient (Wildman–Crippen LogP) is 3.28. The summed E-state index contributed by atoms with van der Waals surface area (Å²) in [5.74, 6) is 0. The van der Waals surface area contributed by atoms with Crippen molar-refractivity contribution in [3.05, 3.63) is 0 Å². The van der Waals surface area contributed by atoms with Gasteiger partial charge in [0.05, 0.1) is 0 Å². The number of nitrogens with zero attached hydrogens (tertiary/aromatic N) is 1. The minimum Gasteiger partial charge on any atom is -0.313 e. The Kier molecular flexibility index (Phi) is 6.50. The molecular weight excluding hydrogens is 208 g/mol. The van der Waals surface area contributed by atoms with E-state index in [1.807, 2.05) is 0 Å². The van der Waals surface area contributed by atoms with Crippen LogP contribution in [0.4, 0.5) is 0 Å². The van der Waals surface area contributed by atoms with Gasteiger partial charge in [-0.3, -0.25) is 0 Å². The van der Waals surface area contributed by atoms with Crippen molar-refractivity contribution in [2.75, 3.05) is 26.2 Å². The summed E-state index contributed by atoms with van der Waals surface area (Å²) in [6.07, 6.45) is 6.61. The molecule has 0 spiro atoms. The summed E-state index contributed by atoms with van der Waals surface area (Å²) >= 11 is 0. The molecule has 1 N–H and O–H groups in total. The third-order valence-electron chi connectivity index (χ3n) is 4.09. The molecule has 17 heavy (non-hydrogen) atoms. The molecule has 1 atom stereocenters. The molecule has 0 radical (unpaired) electrons. The average Bonchev–Trinajstić information content (AvgIpc) is 2.46. The molecule has 0 aliphatic carbocycles. The lowest BCUT2D eigenvalue weighted by molar-refractivity contribution is 0.234. The van der Waals surface area contributed by atoms with E-state index in [1.54, 1.807) is 0 Å². The van der Waals surface area contributed by atoms with Gasteiger partial charge in [0.2, 0.25) is 0 Å². The minimum absolute atomic E-state index is 0.563. The SMILES string of the molecule is CCCNC(CC)CN1CCCC(C)(C)CC1. The smallest absolute Gasteiger partial charge is 0.0192 e. The molecule has 1 saturated heterocycles. The lowest BCUT2D eigenvalue weighted by Gasteiger charge is -2.27. The maximum absolute atomic E-state index is 3.67. The third kappa shape index (κ3) is 5.87. The molecule has 0 aromatic carbocycles. The minimum atomic E-state index is 0.563. The maximum atomic E-state index is 3.67. The van der Waals surface area contributed by atoms with Crippen LogP contribution in [0.2, 0.25) is 0 Å². The van der Waals surface area contributed by atoms with Crippen LogP contribution in [0.15, 0.2) is 0 Å². The van der Waals surface area contributed by atoms with E-state index >= 15 is 0 Å². The Balaban J connectivity index is 2.34. The first-order valence-electron chi connectivity index (χ1n) is 7.53. The van der Waals surface area contributed by atoms with E-state index in [-0.39, 0.29) is 0 Å². The molecule has 0 amide bonds. The Bertz CT molecular complexity index is 201. The molecule has 0 aromatic heterocycles. The molecule has 1 aliphatic rings. The van der Waals surface area contributed by atoms with Crippen molar-refractivity contribution in [2.24, 2.45) is 5.41 Å². The first kappa shape index (κ1) is 15.0. The third-order valence-corrected chi connectivity index (χ3v) is 4.09. The van der Waals surface area contributed by atoms with Gasteiger partial charge >= 0.3 is 0 Å². The van der Waals surface area contributed by atoms with Gasteiger partial charge in [0.25, 0.3) is 0 Å². The van der Waals surface area contributed by atoms with Crippen LogP contribution in [0.5, 0.6) is 0 Å². The van der Waals surface area contributed by atoms with E-state index in [2.05, 4.69) is 37.9 Å². The highest BCUT2D eigenvalue weighted by molar-refractivity contribution is 4.78. The van der Waals surface area contributed by atoms with Gasteiger partial charge in [-0.1, -0.05) is 27.7 Å². The summed E-state index contributed by atoms with van der Waals surface area (Å²) < 4.78 is 0. The molecule has 2 heteroatoms. The van der Waals surface area contributed by atoms with Gasteiger partial charge in [-0.25, -0.2) is 0 Å². The first-order chi connectivity index (χ1) is 8.07. The Morgan fingerprint density at radius 3 is 2.59 bits per heavy atom. The number of nitrogens with one attached hydrogen (secondary N) is 1. The van der Waals surface area contributed by atoms with E-state index in [1.165, 1.54) is 51.7 Å². The Morgan fingerprint density at radius 2 is 1.94 bits per heavy atom. The second kappa shape index (κ2) is 7.38. The summed E-state index contributed by atoms with van der Waals surface area (Å²) in [5, 5.41) is 3.67. The number of hydrogen-bond acceptors (Lipinski definition) is 2. The monoisotopic (exact) mass is 240 g/mol. The summed E-state index contributed by atoms with van der Waals surface area (Å²) in [5.41, 5.74) is 0.563. The standard InChI is InChI=1S/C15H32N2/c1-5-10-16-14(6-2)13-17-11-7-8-15(3,4)9-12-17/h14,16H,5-13H2,1-4H3. The largest absolute Gasteiger partial charge is 0.313 e. The normalized spacial score (nSPS) is 23.3. The maximum Gasteiger partial charge on any atom is 0.0192 e. The van der Waals surface area contributed by atoms with Crippen LogP contribution in [-0.4, -0.2) is 37.1 Å². The van der Waals surface area contributed by atoms with Crippen molar-refractivity contribution in [1.29, 1.82) is 0 Å². The van der Waals surface area contributed by atoms with Crippen molar-refractivity contribution >= 4 is 0 Å². The second-order valence-corrected chi connectivity index (χ2v) is 6.38. The fraction of sp³-hybridized carbons (Fsp3) is 1.00. The zero-order valence-electron chi connectivity index (χ0n) is 12.4. The lowest BCUT2D eigenvalue weighted by atomic mass is 9.85. The van der Waals surface area contributed by atoms with Gasteiger partial charge in [0.15, 0.2) is 0 Å². The molecule has 0 aromatic rings. The zero-order valence-corrected chi connectivity index (χ0v) is 12.4. The van der Waals surface area contributed by atoms with Crippen molar-refractivity contribution in [3.8, 4) is 0 Å². The van der Waals surface area contributed by atoms with Crippen LogP contribution in [0.1, 0.15) is 59.8 Å². The van der Waals surface area contributed by atoms with Gasteiger partial charge in [0, 0.05) is 12.6 Å². The molecule has 0 saturated carbocycles. The number of likely N-dealkylation sites (tertiary alicyclic amines) is 1. The van der Waals surface area contributed by atoms with Gasteiger partial charge in [-0.15, -0.1) is 0 Å². The Morgan fingerprint density at radius 1 is 1.18 bits per heavy atom. The summed E-state index contributed by atoms with van der Waals surface area (Å²) in [4.78, 5) is 2.67. The van der Waals surface area contributed by atoms with Crippen molar-refractivity contribution in [1.82, 2.24) is 10.2 Å². The van der Waals surface area contributed by atoms with Crippen LogP contribution >= 0.6 is 0 Å². The number of rotatable bonds is 6. The van der Waals surface area contributed by atoms with Crippen LogP contribution in [0, 0.1) is 5.41 Å². The average molecular weight is 240 g/mol. The first-order valence-corrected chi connectivity index (χ1v) is 7.53. The van der Waals surface area contributed by atoms with Gasteiger partial charge in [-0.05, 0) is 57.2 Å². The van der Waals surface area contributed by atoms with Crippen molar-refractivity contribution in [3.63, 3.8) is 0 Å². The van der Waals surface area contributed by atoms with Crippen LogP contribution in [0.25, 0.3) is 0 Å².